The van der Waals surface area contributed by atoms with Crippen LogP contribution in [0.4, 0.5) is 5.95 Å². The van der Waals surface area contributed by atoms with Gasteiger partial charge in [-0.1, -0.05) is 24.9 Å². The standard InChI is InChI=1S/C13H19ClN4O2/c1-3-8-4-5-15-9(6-8)12(19)18-13-16-10(14)7-11(17-13)20-2/h7-9,15H,3-6H2,1-2H3,(H,16,17,18,19). The molecule has 110 valence electrons. The molecule has 1 aromatic heterocycles. The van der Waals surface area contributed by atoms with Gasteiger partial charge in [-0.15, -0.1) is 0 Å². The zero-order chi connectivity index (χ0) is 14.5. The third-order valence-electron chi connectivity index (χ3n) is 3.52. The molecule has 0 spiro atoms. The number of halogens is 1. The molecular weight excluding hydrogens is 280 g/mol. The lowest BCUT2D eigenvalue weighted by Gasteiger charge is -2.28. The Balaban J connectivity index is 2.02. The van der Waals surface area contributed by atoms with Crippen molar-refractivity contribution in [1.29, 1.82) is 0 Å². The van der Waals surface area contributed by atoms with Gasteiger partial charge < -0.3 is 10.1 Å². The molecular formula is C13H19ClN4O2. The first kappa shape index (κ1) is 15.0. The number of hydrogen-bond donors (Lipinski definition) is 2. The van der Waals surface area contributed by atoms with E-state index in [-0.39, 0.29) is 23.1 Å². The summed E-state index contributed by atoms with van der Waals surface area (Å²) in [6, 6.07) is 1.28. The summed E-state index contributed by atoms with van der Waals surface area (Å²) >= 11 is 5.85. The molecule has 2 rings (SSSR count). The number of piperidine rings is 1. The van der Waals surface area contributed by atoms with Crippen LogP contribution in [-0.2, 0) is 4.79 Å². The number of nitrogens with zero attached hydrogens (tertiary/aromatic N) is 2. The molecule has 7 heteroatoms. The summed E-state index contributed by atoms with van der Waals surface area (Å²) in [5.41, 5.74) is 0. The van der Waals surface area contributed by atoms with Gasteiger partial charge in [-0.3, -0.25) is 10.1 Å². The van der Waals surface area contributed by atoms with Crippen LogP contribution in [-0.4, -0.2) is 35.6 Å². The maximum Gasteiger partial charge on any atom is 0.243 e. The zero-order valence-corrected chi connectivity index (χ0v) is 12.4. The van der Waals surface area contributed by atoms with Crippen LogP contribution in [0.25, 0.3) is 0 Å². The number of carbonyl (C=O) groups excluding carboxylic acids is 1. The van der Waals surface area contributed by atoms with Crippen LogP contribution in [0.5, 0.6) is 5.88 Å². The van der Waals surface area contributed by atoms with Gasteiger partial charge in [0.25, 0.3) is 0 Å². The number of methoxy groups -OCH3 is 1. The van der Waals surface area contributed by atoms with Crippen LogP contribution >= 0.6 is 11.6 Å². The van der Waals surface area contributed by atoms with Crippen LogP contribution in [0.1, 0.15) is 26.2 Å². The minimum atomic E-state index is -0.206. The lowest BCUT2D eigenvalue weighted by Crippen LogP contribution is -2.46. The average molecular weight is 299 g/mol. The number of amides is 1. The molecule has 0 saturated carbocycles. The van der Waals surface area contributed by atoms with Crippen molar-refractivity contribution in [1.82, 2.24) is 15.3 Å². The van der Waals surface area contributed by atoms with E-state index in [1.807, 2.05) is 0 Å². The van der Waals surface area contributed by atoms with Crippen LogP contribution in [0.15, 0.2) is 6.07 Å². The van der Waals surface area contributed by atoms with E-state index in [0.717, 1.165) is 25.8 Å². The average Bonchev–Trinajstić information content (AvgIpc) is 2.46. The van der Waals surface area contributed by atoms with Crippen molar-refractivity contribution < 1.29 is 9.53 Å². The Kier molecular flexibility index (Phi) is 5.14. The third-order valence-corrected chi connectivity index (χ3v) is 3.72. The molecule has 1 aliphatic heterocycles. The highest BCUT2D eigenvalue weighted by molar-refractivity contribution is 6.29. The fourth-order valence-electron chi connectivity index (χ4n) is 2.32. The van der Waals surface area contributed by atoms with Crippen molar-refractivity contribution in [2.75, 3.05) is 19.0 Å². The normalized spacial score (nSPS) is 22.4. The molecule has 1 amide bonds. The van der Waals surface area contributed by atoms with Gasteiger partial charge in [0.15, 0.2) is 0 Å². The van der Waals surface area contributed by atoms with Crippen molar-refractivity contribution in [2.45, 2.75) is 32.2 Å². The fourth-order valence-corrected chi connectivity index (χ4v) is 2.49. The molecule has 6 nitrogen and oxygen atoms in total. The minimum absolute atomic E-state index is 0.132. The molecule has 1 fully saturated rings. The number of ether oxygens (including phenoxy) is 1. The monoisotopic (exact) mass is 298 g/mol. The van der Waals surface area contributed by atoms with E-state index in [1.54, 1.807) is 0 Å². The minimum Gasteiger partial charge on any atom is -0.481 e. The van der Waals surface area contributed by atoms with Crippen molar-refractivity contribution in [3.05, 3.63) is 11.2 Å². The predicted octanol–water partition coefficient (Wildman–Crippen LogP) is 1.86. The first-order valence-electron chi connectivity index (χ1n) is 6.75. The van der Waals surface area contributed by atoms with E-state index in [9.17, 15) is 4.79 Å². The molecule has 0 aliphatic carbocycles. The number of anilines is 1. The van der Waals surface area contributed by atoms with E-state index < -0.39 is 0 Å². The van der Waals surface area contributed by atoms with Crippen LogP contribution in [0.2, 0.25) is 5.15 Å². The van der Waals surface area contributed by atoms with Crippen LogP contribution < -0.4 is 15.4 Å². The molecule has 0 aromatic carbocycles. The summed E-state index contributed by atoms with van der Waals surface area (Å²) < 4.78 is 4.99. The van der Waals surface area contributed by atoms with E-state index in [1.165, 1.54) is 13.2 Å². The number of hydrogen-bond acceptors (Lipinski definition) is 5. The van der Waals surface area contributed by atoms with Crippen LogP contribution in [0, 0.1) is 5.92 Å². The molecule has 2 N–H and O–H groups in total. The van der Waals surface area contributed by atoms with Gasteiger partial charge in [0, 0.05) is 6.07 Å². The first-order chi connectivity index (χ1) is 9.62. The van der Waals surface area contributed by atoms with E-state index in [2.05, 4.69) is 27.5 Å². The Bertz CT molecular complexity index is 483. The summed E-state index contributed by atoms with van der Waals surface area (Å²) in [4.78, 5) is 20.2. The van der Waals surface area contributed by atoms with E-state index >= 15 is 0 Å². The summed E-state index contributed by atoms with van der Waals surface area (Å²) in [6.45, 7) is 3.01. The third kappa shape index (κ3) is 3.80. The van der Waals surface area contributed by atoms with Crippen LogP contribution in [0.3, 0.4) is 0 Å². The molecule has 1 aromatic rings. The quantitative estimate of drug-likeness (QED) is 0.830. The predicted molar refractivity (Wildman–Crippen MR) is 77.0 cm³/mol. The Labute approximate surface area is 123 Å². The van der Waals surface area contributed by atoms with Gasteiger partial charge in [0.05, 0.1) is 13.2 Å². The second-order valence-corrected chi connectivity index (χ2v) is 5.24. The van der Waals surface area contributed by atoms with Gasteiger partial charge in [-0.25, -0.2) is 4.98 Å². The topological polar surface area (TPSA) is 76.1 Å². The molecule has 1 aliphatic rings. The molecule has 2 unspecified atom stereocenters. The highest BCUT2D eigenvalue weighted by atomic mass is 35.5. The summed E-state index contributed by atoms with van der Waals surface area (Å²) in [6.07, 6.45) is 3.04. The zero-order valence-electron chi connectivity index (χ0n) is 11.6. The number of rotatable bonds is 4. The van der Waals surface area contributed by atoms with Crippen molar-refractivity contribution in [3.8, 4) is 5.88 Å². The van der Waals surface area contributed by atoms with Crippen molar-refractivity contribution in [2.24, 2.45) is 5.92 Å². The first-order valence-corrected chi connectivity index (χ1v) is 7.13. The van der Waals surface area contributed by atoms with Gasteiger partial charge in [0.1, 0.15) is 5.15 Å². The lowest BCUT2D eigenvalue weighted by atomic mass is 9.90. The molecule has 2 atom stereocenters. The van der Waals surface area contributed by atoms with Gasteiger partial charge in [-0.2, -0.15) is 4.98 Å². The maximum atomic E-state index is 12.2. The molecule has 0 radical (unpaired) electrons. The van der Waals surface area contributed by atoms with E-state index in [0.29, 0.717) is 11.8 Å². The largest absolute Gasteiger partial charge is 0.481 e. The summed E-state index contributed by atoms with van der Waals surface area (Å²) in [5.74, 6) is 0.942. The SMILES string of the molecule is CCC1CCNC(C(=O)Nc2nc(Cl)cc(OC)n2)C1. The summed E-state index contributed by atoms with van der Waals surface area (Å²) in [7, 11) is 1.48. The molecule has 20 heavy (non-hydrogen) atoms. The molecule has 2 heterocycles. The highest BCUT2D eigenvalue weighted by Gasteiger charge is 2.26. The second kappa shape index (κ2) is 6.85. The number of carbonyl (C=O) groups is 1. The Morgan fingerprint density at radius 1 is 1.60 bits per heavy atom. The highest BCUT2D eigenvalue weighted by Crippen LogP contribution is 2.21. The number of aromatic nitrogens is 2. The second-order valence-electron chi connectivity index (χ2n) is 4.85. The van der Waals surface area contributed by atoms with Crippen molar-refractivity contribution in [3.63, 3.8) is 0 Å². The lowest BCUT2D eigenvalue weighted by molar-refractivity contribution is -0.119. The smallest absolute Gasteiger partial charge is 0.243 e. The fraction of sp³-hybridized carbons (Fsp3) is 0.615. The number of nitrogens with one attached hydrogen (secondary N) is 2. The molecule has 0 bridgehead atoms. The Morgan fingerprint density at radius 3 is 3.10 bits per heavy atom. The Morgan fingerprint density at radius 2 is 2.40 bits per heavy atom. The van der Waals surface area contributed by atoms with E-state index in [4.69, 9.17) is 16.3 Å². The maximum absolute atomic E-state index is 12.2. The Hall–Kier alpha value is -1.40. The van der Waals surface area contributed by atoms with Crippen molar-refractivity contribution >= 4 is 23.5 Å². The summed E-state index contributed by atoms with van der Waals surface area (Å²) in [5, 5.41) is 6.13. The molecule has 1 saturated heterocycles. The van der Waals surface area contributed by atoms with Gasteiger partial charge >= 0.3 is 0 Å². The van der Waals surface area contributed by atoms with Gasteiger partial charge in [-0.05, 0) is 25.3 Å². The van der Waals surface area contributed by atoms with Gasteiger partial charge in [0.2, 0.25) is 17.7 Å².